The summed E-state index contributed by atoms with van der Waals surface area (Å²) in [5.41, 5.74) is 2.16. The first kappa shape index (κ1) is 17.1. The molecule has 2 aromatic rings. The van der Waals surface area contributed by atoms with E-state index in [1.54, 1.807) is 17.2 Å². The lowest BCUT2D eigenvalue weighted by Crippen LogP contribution is -2.42. The molecule has 25 heavy (non-hydrogen) atoms. The largest absolute Gasteiger partial charge is 0.467 e. The molecule has 3 rings (SSSR count). The zero-order chi connectivity index (χ0) is 17.6. The highest BCUT2D eigenvalue weighted by Crippen LogP contribution is 2.16. The van der Waals surface area contributed by atoms with E-state index in [2.05, 4.69) is 20.9 Å². The van der Waals surface area contributed by atoms with Gasteiger partial charge in [0.1, 0.15) is 11.6 Å². The van der Waals surface area contributed by atoms with Crippen molar-refractivity contribution in [3.63, 3.8) is 0 Å². The van der Waals surface area contributed by atoms with Crippen molar-refractivity contribution < 1.29 is 9.21 Å². The molecule has 0 radical (unpaired) electrons. The van der Waals surface area contributed by atoms with Crippen molar-refractivity contribution in [2.75, 3.05) is 19.6 Å². The number of nitriles is 1. The molecular formula is C18H21N5O2. The number of rotatable bonds is 6. The van der Waals surface area contributed by atoms with Crippen LogP contribution in [0.3, 0.4) is 0 Å². The summed E-state index contributed by atoms with van der Waals surface area (Å²) in [4.78, 5) is 25.2. The van der Waals surface area contributed by atoms with Gasteiger partial charge in [0.25, 0.3) is 0 Å². The highest BCUT2D eigenvalue weighted by molar-refractivity contribution is 5.78. The number of nitrogens with zero attached hydrogens (tertiary/aromatic N) is 5. The van der Waals surface area contributed by atoms with Crippen LogP contribution in [0, 0.1) is 18.3 Å². The number of hydrogen-bond acceptors (Lipinski definition) is 6. The predicted molar refractivity (Wildman–Crippen MR) is 90.1 cm³/mol. The maximum atomic E-state index is 12.7. The lowest BCUT2D eigenvalue weighted by atomic mass is 10.1. The molecule has 0 spiro atoms. The molecule has 130 valence electrons. The van der Waals surface area contributed by atoms with Gasteiger partial charge in [0, 0.05) is 25.8 Å². The van der Waals surface area contributed by atoms with E-state index in [0.29, 0.717) is 32.6 Å². The number of hydrogen-bond donors (Lipinski definition) is 0. The van der Waals surface area contributed by atoms with E-state index in [0.717, 1.165) is 35.8 Å². The molecule has 0 N–H and O–H groups in total. The summed E-state index contributed by atoms with van der Waals surface area (Å²) in [5, 5.41) is 8.84. The lowest BCUT2D eigenvalue weighted by molar-refractivity contribution is -0.133. The fourth-order valence-electron chi connectivity index (χ4n) is 2.95. The van der Waals surface area contributed by atoms with Crippen LogP contribution in [0.2, 0.25) is 0 Å². The Bertz CT molecular complexity index is 766. The Labute approximate surface area is 146 Å². The minimum absolute atomic E-state index is 0.000813. The zero-order valence-corrected chi connectivity index (χ0v) is 14.3. The highest BCUT2D eigenvalue weighted by Gasteiger charge is 2.23. The third-order valence-electron chi connectivity index (χ3n) is 4.28. The van der Waals surface area contributed by atoms with Crippen molar-refractivity contribution in [3.05, 3.63) is 47.4 Å². The van der Waals surface area contributed by atoms with Gasteiger partial charge in [-0.05, 0) is 31.0 Å². The second kappa shape index (κ2) is 7.90. The molecule has 0 aromatic carbocycles. The van der Waals surface area contributed by atoms with Crippen LogP contribution in [0.25, 0.3) is 0 Å². The van der Waals surface area contributed by atoms with Crippen molar-refractivity contribution >= 4 is 5.91 Å². The van der Waals surface area contributed by atoms with Crippen molar-refractivity contribution in [1.82, 2.24) is 19.8 Å². The second-order valence-electron chi connectivity index (χ2n) is 6.15. The van der Waals surface area contributed by atoms with E-state index in [4.69, 9.17) is 9.68 Å². The standard InChI is InChI=1S/C18H21N5O2/c1-14-20-10-15-5-8-22(12-17(15)21-14)13-18(24)23(7-3-6-19)11-16-4-2-9-25-16/h2,4,9-10H,3,5,7-8,11-13H2,1H3. The molecule has 0 fully saturated rings. The van der Waals surface area contributed by atoms with Crippen LogP contribution in [0.5, 0.6) is 0 Å². The summed E-state index contributed by atoms with van der Waals surface area (Å²) in [6.07, 6.45) is 4.62. The summed E-state index contributed by atoms with van der Waals surface area (Å²) in [5.74, 6) is 1.47. The van der Waals surface area contributed by atoms with Crippen molar-refractivity contribution in [3.8, 4) is 6.07 Å². The Balaban J connectivity index is 1.63. The molecule has 7 nitrogen and oxygen atoms in total. The van der Waals surface area contributed by atoms with Crippen molar-refractivity contribution in [1.29, 1.82) is 5.26 Å². The van der Waals surface area contributed by atoms with Gasteiger partial charge in [-0.2, -0.15) is 5.26 Å². The van der Waals surface area contributed by atoms with E-state index >= 15 is 0 Å². The first-order chi connectivity index (χ1) is 12.2. The monoisotopic (exact) mass is 339 g/mol. The Kier molecular flexibility index (Phi) is 5.41. The molecule has 1 aliphatic heterocycles. The first-order valence-corrected chi connectivity index (χ1v) is 8.36. The van der Waals surface area contributed by atoms with Crippen molar-refractivity contribution in [2.24, 2.45) is 0 Å². The van der Waals surface area contributed by atoms with Crippen LogP contribution >= 0.6 is 0 Å². The average Bonchev–Trinajstić information content (AvgIpc) is 3.11. The molecule has 1 amide bonds. The Hall–Kier alpha value is -2.72. The maximum Gasteiger partial charge on any atom is 0.237 e. The van der Waals surface area contributed by atoms with E-state index in [1.807, 2.05) is 19.2 Å². The third kappa shape index (κ3) is 4.43. The molecule has 0 unspecified atom stereocenters. The summed E-state index contributed by atoms with van der Waals surface area (Å²) < 4.78 is 5.34. The van der Waals surface area contributed by atoms with Gasteiger partial charge in [-0.1, -0.05) is 0 Å². The Morgan fingerprint density at radius 1 is 1.52 bits per heavy atom. The van der Waals surface area contributed by atoms with E-state index in [1.165, 1.54) is 0 Å². The first-order valence-electron chi connectivity index (χ1n) is 8.36. The molecule has 0 saturated heterocycles. The quantitative estimate of drug-likeness (QED) is 0.796. The van der Waals surface area contributed by atoms with Gasteiger partial charge in [-0.3, -0.25) is 9.69 Å². The molecular weight excluding hydrogens is 318 g/mol. The summed E-state index contributed by atoms with van der Waals surface area (Å²) >= 11 is 0. The SMILES string of the molecule is Cc1ncc2c(n1)CN(CC(=O)N(CCC#N)Cc1ccco1)CC2. The summed E-state index contributed by atoms with van der Waals surface area (Å²) in [7, 11) is 0. The van der Waals surface area contributed by atoms with Crippen LogP contribution in [0.1, 0.15) is 29.3 Å². The normalized spacial score (nSPS) is 13.9. The molecule has 3 heterocycles. The van der Waals surface area contributed by atoms with Crippen LogP contribution in [-0.2, 0) is 24.3 Å². The zero-order valence-electron chi connectivity index (χ0n) is 14.3. The fraction of sp³-hybridized carbons (Fsp3) is 0.444. The molecule has 2 aromatic heterocycles. The molecule has 7 heteroatoms. The number of furan rings is 1. The third-order valence-corrected chi connectivity index (χ3v) is 4.28. The molecule has 0 aliphatic carbocycles. The summed E-state index contributed by atoms with van der Waals surface area (Å²) in [6.45, 7) is 4.43. The maximum absolute atomic E-state index is 12.7. The molecule has 1 aliphatic rings. The predicted octanol–water partition coefficient (Wildman–Crippen LogP) is 1.68. The van der Waals surface area contributed by atoms with Crippen LogP contribution in [0.4, 0.5) is 0 Å². The van der Waals surface area contributed by atoms with Crippen LogP contribution in [-0.4, -0.2) is 45.3 Å². The lowest BCUT2D eigenvalue weighted by Gasteiger charge is -2.29. The van der Waals surface area contributed by atoms with Crippen molar-refractivity contribution in [2.45, 2.75) is 32.9 Å². The number of carbonyl (C=O) groups excluding carboxylic acids is 1. The van der Waals surface area contributed by atoms with Gasteiger partial charge in [-0.25, -0.2) is 9.97 Å². The minimum atomic E-state index is 0.000813. The van der Waals surface area contributed by atoms with E-state index in [9.17, 15) is 4.79 Å². The average molecular weight is 339 g/mol. The van der Waals surface area contributed by atoms with Gasteiger partial charge in [0.15, 0.2) is 0 Å². The van der Waals surface area contributed by atoms with Crippen LogP contribution < -0.4 is 0 Å². The molecule has 0 atom stereocenters. The van der Waals surface area contributed by atoms with Crippen LogP contribution in [0.15, 0.2) is 29.0 Å². The number of aryl methyl sites for hydroxylation is 1. The molecule has 0 bridgehead atoms. The second-order valence-corrected chi connectivity index (χ2v) is 6.15. The summed E-state index contributed by atoms with van der Waals surface area (Å²) in [6, 6.07) is 5.73. The van der Waals surface area contributed by atoms with Gasteiger partial charge in [0.05, 0.1) is 37.5 Å². The van der Waals surface area contributed by atoms with Gasteiger partial charge in [-0.15, -0.1) is 0 Å². The van der Waals surface area contributed by atoms with Gasteiger partial charge in [0.2, 0.25) is 5.91 Å². The number of carbonyl (C=O) groups is 1. The number of fused-ring (bicyclic) bond motifs is 1. The number of aromatic nitrogens is 2. The van der Waals surface area contributed by atoms with Gasteiger partial charge < -0.3 is 9.32 Å². The Morgan fingerprint density at radius 2 is 2.40 bits per heavy atom. The van der Waals surface area contributed by atoms with E-state index < -0.39 is 0 Å². The topological polar surface area (TPSA) is 86.3 Å². The van der Waals surface area contributed by atoms with E-state index in [-0.39, 0.29) is 5.91 Å². The minimum Gasteiger partial charge on any atom is -0.467 e. The molecule has 0 saturated carbocycles. The smallest absolute Gasteiger partial charge is 0.237 e. The number of amides is 1. The highest BCUT2D eigenvalue weighted by atomic mass is 16.3. The Morgan fingerprint density at radius 3 is 3.16 bits per heavy atom. The fourth-order valence-corrected chi connectivity index (χ4v) is 2.95. The van der Waals surface area contributed by atoms with Gasteiger partial charge >= 0.3 is 0 Å².